The maximum Gasteiger partial charge on any atom is 0.237 e. The van der Waals surface area contributed by atoms with Crippen LogP contribution >= 0.6 is 24.8 Å². The number of nitrogens with one attached hydrogen (secondary N) is 1. The highest BCUT2D eigenvalue weighted by atomic mass is 35.5. The van der Waals surface area contributed by atoms with Gasteiger partial charge in [-0.15, -0.1) is 24.8 Å². The summed E-state index contributed by atoms with van der Waals surface area (Å²) in [5.74, 6) is 2.20. The number of hydrogen-bond donors (Lipinski definition) is 1. The summed E-state index contributed by atoms with van der Waals surface area (Å²) in [5, 5.41) is 4.28. The van der Waals surface area contributed by atoms with Gasteiger partial charge < -0.3 is 9.73 Å². The molecule has 4 rings (SSSR count). The molecule has 0 saturated carbocycles. The lowest BCUT2D eigenvalue weighted by molar-refractivity contribution is 0.518. The van der Waals surface area contributed by atoms with Crippen LogP contribution in [0.2, 0.25) is 0 Å². The predicted molar refractivity (Wildman–Crippen MR) is 97.2 cm³/mol. The van der Waals surface area contributed by atoms with Gasteiger partial charge in [0.05, 0.1) is 18.3 Å². The van der Waals surface area contributed by atoms with Crippen LogP contribution in [0, 0.1) is 0 Å². The van der Waals surface area contributed by atoms with E-state index in [4.69, 9.17) is 4.42 Å². The second-order valence-corrected chi connectivity index (χ2v) is 4.79. The molecule has 0 atom stereocenters. The number of anilines is 1. The summed E-state index contributed by atoms with van der Waals surface area (Å²) in [6, 6.07) is 11.7. The van der Waals surface area contributed by atoms with Crippen molar-refractivity contribution in [2.75, 3.05) is 5.32 Å². The van der Waals surface area contributed by atoms with Gasteiger partial charge in [-0.2, -0.15) is 4.98 Å². The Hall–Kier alpha value is -2.57. The lowest BCUT2D eigenvalue weighted by atomic mass is 10.2. The second kappa shape index (κ2) is 7.81. The van der Waals surface area contributed by atoms with Crippen LogP contribution in [0.1, 0.15) is 5.76 Å². The highest BCUT2D eigenvalue weighted by Crippen LogP contribution is 2.22. The van der Waals surface area contributed by atoms with Crippen LogP contribution in [-0.4, -0.2) is 19.5 Å². The number of halogens is 2. The van der Waals surface area contributed by atoms with Crippen LogP contribution < -0.4 is 5.32 Å². The molecule has 3 heterocycles. The zero-order valence-corrected chi connectivity index (χ0v) is 14.1. The van der Waals surface area contributed by atoms with Crippen molar-refractivity contribution >= 4 is 41.5 Å². The van der Waals surface area contributed by atoms with Crippen molar-refractivity contribution < 1.29 is 4.42 Å². The molecule has 6 nitrogen and oxygen atoms in total. The molecule has 0 aliphatic rings. The molecule has 1 N–H and O–H groups in total. The molecule has 0 saturated heterocycles. The summed E-state index contributed by atoms with van der Waals surface area (Å²) < 4.78 is 7.13. The Morgan fingerprint density at radius 1 is 1.04 bits per heavy atom. The first-order valence-electron chi connectivity index (χ1n) is 6.91. The predicted octanol–water partition coefficient (Wildman–Crippen LogP) is 3.86. The number of furan rings is 1. The van der Waals surface area contributed by atoms with Crippen molar-refractivity contribution in [2.24, 2.45) is 0 Å². The highest BCUT2D eigenvalue weighted by Gasteiger charge is 2.09. The van der Waals surface area contributed by atoms with E-state index >= 15 is 0 Å². The summed E-state index contributed by atoms with van der Waals surface area (Å²) >= 11 is 0. The molecule has 0 radical (unpaired) electrons. The third-order valence-electron chi connectivity index (χ3n) is 3.34. The third-order valence-corrected chi connectivity index (χ3v) is 3.34. The molecule has 0 aliphatic carbocycles. The largest absolute Gasteiger partial charge is 0.467 e. The van der Waals surface area contributed by atoms with Crippen LogP contribution in [0.3, 0.4) is 0 Å². The normalized spacial score (nSPS) is 10.0. The van der Waals surface area contributed by atoms with Gasteiger partial charge in [0.1, 0.15) is 17.9 Å². The number of para-hydroxylation sites is 1. The first kappa shape index (κ1) is 17.8. The van der Waals surface area contributed by atoms with Gasteiger partial charge in [0.2, 0.25) is 5.95 Å². The average Bonchev–Trinajstić information content (AvgIpc) is 3.25. The highest BCUT2D eigenvalue weighted by molar-refractivity contribution is 5.89. The molecule has 0 unspecified atom stereocenters. The van der Waals surface area contributed by atoms with E-state index in [1.54, 1.807) is 23.4 Å². The molecular formula is C16H15Cl2N5O. The molecule has 0 bridgehead atoms. The summed E-state index contributed by atoms with van der Waals surface area (Å²) in [5.41, 5.74) is 0.878. The first-order chi connectivity index (χ1) is 10.9. The fourth-order valence-electron chi connectivity index (χ4n) is 2.28. The number of rotatable bonds is 4. The zero-order chi connectivity index (χ0) is 14.8. The first-order valence-corrected chi connectivity index (χ1v) is 6.91. The lowest BCUT2D eigenvalue weighted by Crippen LogP contribution is -2.06. The molecule has 24 heavy (non-hydrogen) atoms. The number of fused-ring (bicyclic) bond motifs is 1. The van der Waals surface area contributed by atoms with E-state index in [2.05, 4.69) is 20.3 Å². The maximum atomic E-state index is 5.35. The molecule has 0 aliphatic heterocycles. The Bertz CT molecular complexity index is 894. The SMILES string of the molecule is Cl.Cl.c1coc(CNc2nc(-n3ccnc3)nc3ccccc23)c1. The molecule has 8 heteroatoms. The van der Waals surface area contributed by atoms with Crippen molar-refractivity contribution in [1.29, 1.82) is 0 Å². The molecule has 1 aromatic carbocycles. The Labute approximate surface area is 150 Å². The van der Waals surface area contributed by atoms with Gasteiger partial charge in [-0.1, -0.05) is 12.1 Å². The number of benzene rings is 1. The smallest absolute Gasteiger partial charge is 0.237 e. The minimum absolute atomic E-state index is 0. The quantitative estimate of drug-likeness (QED) is 0.596. The van der Waals surface area contributed by atoms with Gasteiger partial charge in [0.25, 0.3) is 0 Å². The van der Waals surface area contributed by atoms with Gasteiger partial charge in [-0.05, 0) is 24.3 Å². The van der Waals surface area contributed by atoms with Gasteiger partial charge in [-0.3, -0.25) is 4.57 Å². The van der Waals surface area contributed by atoms with E-state index in [0.29, 0.717) is 12.5 Å². The van der Waals surface area contributed by atoms with E-state index < -0.39 is 0 Å². The summed E-state index contributed by atoms with van der Waals surface area (Å²) in [6.07, 6.45) is 6.86. The Balaban J connectivity index is 0.00000104. The van der Waals surface area contributed by atoms with E-state index in [0.717, 1.165) is 22.5 Å². The molecule has 0 fully saturated rings. The number of imidazole rings is 1. The maximum absolute atomic E-state index is 5.35. The van der Waals surface area contributed by atoms with Crippen LogP contribution in [0.25, 0.3) is 16.9 Å². The van der Waals surface area contributed by atoms with E-state index in [9.17, 15) is 0 Å². The molecule has 4 aromatic rings. The van der Waals surface area contributed by atoms with Gasteiger partial charge in [-0.25, -0.2) is 9.97 Å². The summed E-state index contributed by atoms with van der Waals surface area (Å²) in [4.78, 5) is 13.2. The van der Waals surface area contributed by atoms with Crippen LogP contribution in [0.15, 0.2) is 65.8 Å². The topological polar surface area (TPSA) is 68.8 Å². The lowest BCUT2D eigenvalue weighted by Gasteiger charge is -2.10. The molecular weight excluding hydrogens is 349 g/mol. The van der Waals surface area contributed by atoms with Crippen molar-refractivity contribution in [3.05, 3.63) is 67.1 Å². The molecule has 3 aromatic heterocycles. The summed E-state index contributed by atoms with van der Waals surface area (Å²) in [6.45, 7) is 0.567. The van der Waals surface area contributed by atoms with Crippen molar-refractivity contribution in [3.8, 4) is 5.95 Å². The second-order valence-electron chi connectivity index (χ2n) is 4.79. The number of hydrogen-bond acceptors (Lipinski definition) is 5. The monoisotopic (exact) mass is 363 g/mol. The Morgan fingerprint density at radius 3 is 2.67 bits per heavy atom. The standard InChI is InChI=1S/C16H13N5O.2ClH/c1-2-6-14-13(5-1)15(18-10-12-4-3-9-22-12)20-16(19-14)21-8-7-17-11-21;;/h1-9,11H,10H2,(H,18,19,20);2*1H. The third kappa shape index (κ3) is 3.50. The Kier molecular flexibility index (Phi) is 5.78. The summed E-state index contributed by atoms with van der Waals surface area (Å²) in [7, 11) is 0. The van der Waals surface area contributed by atoms with Crippen molar-refractivity contribution in [1.82, 2.24) is 19.5 Å². The minimum Gasteiger partial charge on any atom is -0.467 e. The van der Waals surface area contributed by atoms with Crippen molar-refractivity contribution in [3.63, 3.8) is 0 Å². The number of aromatic nitrogens is 4. The fraction of sp³-hybridized carbons (Fsp3) is 0.0625. The van der Waals surface area contributed by atoms with Gasteiger partial charge in [0.15, 0.2) is 0 Å². The minimum atomic E-state index is 0. The van der Waals surface area contributed by atoms with Gasteiger partial charge in [0, 0.05) is 17.8 Å². The van der Waals surface area contributed by atoms with E-state index in [1.807, 2.05) is 42.6 Å². The number of nitrogens with zero attached hydrogens (tertiary/aromatic N) is 4. The molecule has 0 amide bonds. The zero-order valence-electron chi connectivity index (χ0n) is 12.5. The van der Waals surface area contributed by atoms with Crippen LogP contribution in [0.5, 0.6) is 0 Å². The van der Waals surface area contributed by atoms with E-state index in [-0.39, 0.29) is 24.8 Å². The van der Waals surface area contributed by atoms with Crippen LogP contribution in [0.4, 0.5) is 5.82 Å². The van der Waals surface area contributed by atoms with Crippen molar-refractivity contribution in [2.45, 2.75) is 6.54 Å². The Morgan fingerprint density at radius 2 is 1.92 bits per heavy atom. The molecule has 124 valence electrons. The average molecular weight is 364 g/mol. The van der Waals surface area contributed by atoms with Gasteiger partial charge >= 0.3 is 0 Å². The van der Waals surface area contributed by atoms with Crippen LogP contribution in [-0.2, 0) is 6.54 Å². The van der Waals surface area contributed by atoms with E-state index in [1.165, 1.54) is 0 Å². The molecule has 0 spiro atoms. The fourth-order valence-corrected chi connectivity index (χ4v) is 2.28.